The lowest BCUT2D eigenvalue weighted by atomic mass is 10.1. The van der Waals surface area contributed by atoms with E-state index in [-0.39, 0.29) is 11.3 Å². The van der Waals surface area contributed by atoms with Gasteiger partial charge in [0, 0.05) is 11.4 Å². The third kappa shape index (κ3) is 4.44. The van der Waals surface area contributed by atoms with Crippen LogP contribution < -0.4 is 10.6 Å². The maximum atomic E-state index is 13.6. The fourth-order valence-corrected chi connectivity index (χ4v) is 2.48. The fourth-order valence-electron chi connectivity index (χ4n) is 2.48. The van der Waals surface area contributed by atoms with Crippen molar-refractivity contribution in [1.29, 1.82) is 0 Å². The zero-order valence-corrected chi connectivity index (χ0v) is 13.8. The van der Waals surface area contributed by atoms with Crippen LogP contribution in [0.2, 0.25) is 0 Å². The summed E-state index contributed by atoms with van der Waals surface area (Å²) in [5, 5.41) is 5.25. The quantitative estimate of drug-likeness (QED) is 0.563. The number of carbonyl (C=O) groups is 1. The number of benzene rings is 3. The lowest BCUT2D eigenvalue weighted by Gasteiger charge is -2.14. The van der Waals surface area contributed by atoms with Crippen molar-refractivity contribution in [3.63, 3.8) is 0 Å². The molecule has 0 atom stereocenters. The fraction of sp³-hybridized carbons (Fsp3) is 0.0500. The van der Waals surface area contributed by atoms with Crippen LogP contribution in [-0.2, 0) is 6.18 Å². The van der Waals surface area contributed by atoms with E-state index in [0.29, 0.717) is 11.4 Å². The second-order valence-corrected chi connectivity index (χ2v) is 5.68. The normalized spacial score (nSPS) is 11.1. The molecule has 0 fully saturated rings. The molecule has 0 bridgehead atoms. The number of halogens is 4. The van der Waals surface area contributed by atoms with Crippen LogP contribution in [0, 0.1) is 5.82 Å². The van der Waals surface area contributed by atoms with Crippen LogP contribution in [-0.4, -0.2) is 5.91 Å². The van der Waals surface area contributed by atoms with Crippen LogP contribution in [0.3, 0.4) is 0 Å². The summed E-state index contributed by atoms with van der Waals surface area (Å²) in [5.41, 5.74) is -0.151. The molecule has 0 aromatic heterocycles. The molecule has 0 spiro atoms. The number of alkyl halides is 3. The summed E-state index contributed by atoms with van der Waals surface area (Å²) < 4.78 is 52.7. The molecule has 138 valence electrons. The van der Waals surface area contributed by atoms with Crippen molar-refractivity contribution in [3.05, 3.63) is 89.7 Å². The van der Waals surface area contributed by atoms with E-state index >= 15 is 0 Å². The van der Waals surface area contributed by atoms with Gasteiger partial charge in [0.1, 0.15) is 5.82 Å². The number of carbonyl (C=O) groups excluding carboxylic acids is 1. The van der Waals surface area contributed by atoms with E-state index in [9.17, 15) is 22.4 Å². The number of amides is 1. The van der Waals surface area contributed by atoms with Crippen molar-refractivity contribution in [1.82, 2.24) is 0 Å². The number of anilines is 3. The molecule has 27 heavy (non-hydrogen) atoms. The number of rotatable bonds is 4. The van der Waals surface area contributed by atoms with Gasteiger partial charge < -0.3 is 10.6 Å². The summed E-state index contributed by atoms with van der Waals surface area (Å²) in [6.07, 6.45) is -4.47. The second kappa shape index (κ2) is 7.49. The molecule has 7 heteroatoms. The van der Waals surface area contributed by atoms with Gasteiger partial charge in [-0.1, -0.05) is 24.3 Å². The van der Waals surface area contributed by atoms with Gasteiger partial charge in [-0.05, 0) is 48.5 Å². The van der Waals surface area contributed by atoms with Crippen molar-refractivity contribution >= 4 is 23.0 Å². The van der Waals surface area contributed by atoms with Crippen LogP contribution in [0.1, 0.15) is 15.9 Å². The van der Waals surface area contributed by atoms with E-state index in [1.807, 2.05) is 0 Å². The molecule has 1 amide bonds. The van der Waals surface area contributed by atoms with Crippen LogP contribution >= 0.6 is 0 Å². The van der Waals surface area contributed by atoms with Crippen LogP contribution in [0.25, 0.3) is 0 Å². The highest BCUT2D eigenvalue weighted by atomic mass is 19.4. The van der Waals surface area contributed by atoms with Gasteiger partial charge in [-0.25, -0.2) is 4.39 Å². The van der Waals surface area contributed by atoms with E-state index in [0.717, 1.165) is 6.07 Å². The summed E-state index contributed by atoms with van der Waals surface area (Å²) in [5.74, 6) is -1.26. The van der Waals surface area contributed by atoms with Crippen molar-refractivity contribution in [2.45, 2.75) is 6.18 Å². The molecule has 0 aliphatic heterocycles. The topological polar surface area (TPSA) is 41.1 Å². The van der Waals surface area contributed by atoms with E-state index in [1.165, 1.54) is 60.7 Å². The van der Waals surface area contributed by atoms with E-state index in [2.05, 4.69) is 10.6 Å². The smallest absolute Gasteiger partial charge is 0.355 e. The summed E-state index contributed by atoms with van der Waals surface area (Å²) in [4.78, 5) is 12.1. The minimum atomic E-state index is -4.47. The summed E-state index contributed by atoms with van der Waals surface area (Å²) >= 11 is 0. The third-order valence-electron chi connectivity index (χ3n) is 3.77. The Hall–Kier alpha value is -3.35. The van der Waals surface area contributed by atoms with E-state index < -0.39 is 23.5 Å². The molecule has 2 N–H and O–H groups in total. The average Bonchev–Trinajstić information content (AvgIpc) is 2.63. The molecule has 3 aromatic carbocycles. The van der Waals surface area contributed by atoms with Gasteiger partial charge in [-0.2, -0.15) is 13.2 Å². The molecular formula is C20H14F4N2O. The van der Waals surface area contributed by atoms with E-state index in [1.54, 1.807) is 6.07 Å². The van der Waals surface area contributed by atoms with Gasteiger partial charge in [0.25, 0.3) is 5.91 Å². The number of para-hydroxylation sites is 1. The molecule has 0 saturated heterocycles. The summed E-state index contributed by atoms with van der Waals surface area (Å²) in [6.45, 7) is 0. The molecule has 0 aliphatic rings. The second-order valence-electron chi connectivity index (χ2n) is 5.68. The number of hydrogen-bond donors (Lipinski definition) is 2. The van der Waals surface area contributed by atoms with Gasteiger partial charge in [0.15, 0.2) is 0 Å². The van der Waals surface area contributed by atoms with Crippen molar-refractivity contribution in [2.24, 2.45) is 0 Å². The zero-order valence-electron chi connectivity index (χ0n) is 13.8. The van der Waals surface area contributed by atoms with Gasteiger partial charge in [0.2, 0.25) is 0 Å². The Labute approximate surface area is 152 Å². The van der Waals surface area contributed by atoms with Crippen LogP contribution in [0.5, 0.6) is 0 Å². The minimum absolute atomic E-state index is 0.0758. The standard InChI is InChI=1S/C20H14F4N2O/c21-17-7-3-1-5-15(17)19(27)26-14-11-9-13(10-12-14)25-18-8-4-2-6-16(18)20(22,23)24/h1-12,25H,(H,26,27). The molecule has 0 saturated carbocycles. The Morgan fingerprint density at radius 2 is 1.37 bits per heavy atom. The molecule has 3 aromatic rings. The van der Waals surface area contributed by atoms with E-state index in [4.69, 9.17) is 0 Å². The highest BCUT2D eigenvalue weighted by molar-refractivity contribution is 6.04. The van der Waals surface area contributed by atoms with Crippen molar-refractivity contribution in [3.8, 4) is 0 Å². The maximum absolute atomic E-state index is 13.6. The summed E-state index contributed by atoms with van der Waals surface area (Å²) in [6, 6.07) is 16.8. The first-order valence-corrected chi connectivity index (χ1v) is 7.94. The average molecular weight is 374 g/mol. The molecule has 0 radical (unpaired) electrons. The highest BCUT2D eigenvalue weighted by Gasteiger charge is 2.33. The van der Waals surface area contributed by atoms with Crippen molar-refractivity contribution in [2.75, 3.05) is 10.6 Å². The Morgan fingerprint density at radius 3 is 2.04 bits per heavy atom. The Bertz CT molecular complexity index is 953. The zero-order chi connectivity index (χ0) is 19.4. The highest BCUT2D eigenvalue weighted by Crippen LogP contribution is 2.35. The monoisotopic (exact) mass is 374 g/mol. The van der Waals surface area contributed by atoms with Crippen LogP contribution in [0.15, 0.2) is 72.8 Å². The minimum Gasteiger partial charge on any atom is -0.355 e. The maximum Gasteiger partial charge on any atom is 0.418 e. The lowest BCUT2D eigenvalue weighted by molar-refractivity contribution is -0.136. The van der Waals surface area contributed by atoms with Gasteiger partial charge >= 0.3 is 6.18 Å². The lowest BCUT2D eigenvalue weighted by Crippen LogP contribution is -2.13. The molecule has 0 unspecified atom stereocenters. The molecule has 0 heterocycles. The molecule has 0 aliphatic carbocycles. The largest absolute Gasteiger partial charge is 0.418 e. The summed E-state index contributed by atoms with van der Waals surface area (Å²) in [7, 11) is 0. The van der Waals surface area contributed by atoms with Gasteiger partial charge in [0.05, 0.1) is 16.8 Å². The van der Waals surface area contributed by atoms with Crippen molar-refractivity contribution < 1.29 is 22.4 Å². The molecular weight excluding hydrogens is 360 g/mol. The first-order valence-electron chi connectivity index (χ1n) is 7.94. The predicted octanol–water partition coefficient (Wildman–Crippen LogP) is 5.84. The van der Waals surface area contributed by atoms with Gasteiger partial charge in [-0.15, -0.1) is 0 Å². The molecule has 3 nitrogen and oxygen atoms in total. The molecule has 3 rings (SSSR count). The predicted molar refractivity (Wildman–Crippen MR) is 95.5 cm³/mol. The first-order chi connectivity index (χ1) is 12.8. The Balaban J connectivity index is 1.73. The van der Waals surface area contributed by atoms with Gasteiger partial charge in [-0.3, -0.25) is 4.79 Å². The number of hydrogen-bond acceptors (Lipinski definition) is 2. The Morgan fingerprint density at radius 1 is 0.778 bits per heavy atom. The SMILES string of the molecule is O=C(Nc1ccc(Nc2ccccc2C(F)(F)F)cc1)c1ccccc1F. The third-order valence-corrected chi connectivity index (χ3v) is 3.77. The van der Waals surface area contributed by atoms with Crippen LogP contribution in [0.4, 0.5) is 34.6 Å². The number of nitrogens with one attached hydrogen (secondary N) is 2. The Kier molecular flexibility index (Phi) is 5.12. The first kappa shape index (κ1) is 18.4.